The summed E-state index contributed by atoms with van der Waals surface area (Å²) in [6, 6.07) is 7.88. The van der Waals surface area contributed by atoms with E-state index in [4.69, 9.17) is 9.72 Å². The number of rotatable bonds is 9. The summed E-state index contributed by atoms with van der Waals surface area (Å²) >= 11 is 0. The number of nitrogens with one attached hydrogen (secondary N) is 1. The van der Waals surface area contributed by atoms with E-state index in [0.717, 1.165) is 60.3 Å². The van der Waals surface area contributed by atoms with Gasteiger partial charge in [-0.15, -0.1) is 5.10 Å². The minimum absolute atomic E-state index is 0.210. The first-order valence-electron chi connectivity index (χ1n) is 13.5. The van der Waals surface area contributed by atoms with Crippen LogP contribution in [0.4, 0.5) is 16.4 Å². The minimum atomic E-state index is -0.210. The number of aromatic nitrogens is 6. The third kappa shape index (κ3) is 6.66. The van der Waals surface area contributed by atoms with E-state index in [1.54, 1.807) is 11.1 Å². The maximum atomic E-state index is 11.9. The summed E-state index contributed by atoms with van der Waals surface area (Å²) in [5.41, 5.74) is 4.70. The molecule has 1 aliphatic heterocycles. The predicted octanol–water partition coefficient (Wildman–Crippen LogP) is 4.31. The normalized spacial score (nSPS) is 14.2. The van der Waals surface area contributed by atoms with Crippen molar-refractivity contribution < 1.29 is 9.53 Å². The zero-order valence-electron chi connectivity index (χ0n) is 22.7. The molecule has 204 valence electrons. The number of amides is 1. The molecule has 1 fully saturated rings. The topological polar surface area (TPSA) is 114 Å². The van der Waals surface area contributed by atoms with Crippen molar-refractivity contribution >= 4 is 28.8 Å². The van der Waals surface area contributed by atoms with Crippen LogP contribution in [0.2, 0.25) is 0 Å². The molecule has 0 atom stereocenters. The fourth-order valence-electron chi connectivity index (χ4n) is 4.58. The van der Waals surface area contributed by atoms with Gasteiger partial charge in [-0.2, -0.15) is 10.2 Å². The van der Waals surface area contributed by atoms with Crippen molar-refractivity contribution in [3.8, 4) is 11.1 Å². The third-order valence-electron chi connectivity index (χ3n) is 6.86. The Morgan fingerprint density at radius 2 is 1.85 bits per heavy atom. The first-order valence-corrected chi connectivity index (χ1v) is 13.5. The smallest absolute Gasteiger partial charge is 0.409 e. The molecule has 5 rings (SSSR count). The lowest BCUT2D eigenvalue weighted by Crippen LogP contribution is -2.49. The number of nitrogens with zero attached hydrogens (tertiary/aromatic N) is 8. The van der Waals surface area contributed by atoms with Gasteiger partial charge in [0.25, 0.3) is 0 Å². The second-order valence-electron chi connectivity index (χ2n) is 9.99. The molecule has 1 aliphatic rings. The molecule has 11 nitrogen and oxygen atoms in total. The molecule has 4 aromatic heterocycles. The zero-order valence-corrected chi connectivity index (χ0v) is 22.7. The standard InChI is InChI=1S/C28H35N9O2/c1-4-39-28(38)36-12-10-35(11-13-36)8-5-9-37-19-23(18-31-37)22-14-25-24(29-16-22)6-7-26(32-25)33-27-15-21(20(2)3)17-30-34-27/h6-7,14-20H,4-5,8-13H2,1-3H3,(H,32,33,34). The van der Waals surface area contributed by atoms with Crippen LogP contribution in [0.3, 0.4) is 0 Å². The molecule has 0 aliphatic carbocycles. The molecule has 0 bridgehead atoms. The van der Waals surface area contributed by atoms with Gasteiger partial charge in [0.05, 0.1) is 30.0 Å². The highest BCUT2D eigenvalue weighted by Crippen LogP contribution is 2.24. The van der Waals surface area contributed by atoms with Crippen LogP contribution in [-0.2, 0) is 11.3 Å². The van der Waals surface area contributed by atoms with E-state index in [9.17, 15) is 4.79 Å². The molecule has 0 unspecified atom stereocenters. The highest BCUT2D eigenvalue weighted by molar-refractivity contribution is 5.81. The van der Waals surface area contributed by atoms with Crippen molar-refractivity contribution in [3.63, 3.8) is 0 Å². The Kier molecular flexibility index (Phi) is 8.26. The molecule has 0 spiro atoms. The van der Waals surface area contributed by atoms with E-state index < -0.39 is 0 Å². The van der Waals surface area contributed by atoms with Gasteiger partial charge >= 0.3 is 6.09 Å². The van der Waals surface area contributed by atoms with Crippen LogP contribution in [0, 0.1) is 0 Å². The number of piperazine rings is 1. The number of fused-ring (bicyclic) bond motifs is 1. The van der Waals surface area contributed by atoms with Gasteiger partial charge in [0.15, 0.2) is 5.82 Å². The minimum Gasteiger partial charge on any atom is -0.450 e. The number of aryl methyl sites for hydroxylation is 1. The van der Waals surface area contributed by atoms with E-state index >= 15 is 0 Å². The number of pyridine rings is 2. The van der Waals surface area contributed by atoms with Crippen LogP contribution >= 0.6 is 0 Å². The summed E-state index contributed by atoms with van der Waals surface area (Å²) in [4.78, 5) is 25.4. The van der Waals surface area contributed by atoms with Gasteiger partial charge in [-0.1, -0.05) is 13.8 Å². The molecule has 0 saturated carbocycles. The summed E-state index contributed by atoms with van der Waals surface area (Å²) in [5, 5.41) is 16.1. The van der Waals surface area contributed by atoms with Crippen molar-refractivity contribution in [3.05, 3.63) is 54.6 Å². The van der Waals surface area contributed by atoms with Gasteiger partial charge in [0.2, 0.25) is 0 Å². The fourth-order valence-corrected chi connectivity index (χ4v) is 4.58. The Balaban J connectivity index is 1.18. The third-order valence-corrected chi connectivity index (χ3v) is 6.86. The molecular weight excluding hydrogens is 494 g/mol. The Hall–Kier alpha value is -4.12. The Morgan fingerprint density at radius 3 is 2.64 bits per heavy atom. The number of hydrogen-bond acceptors (Lipinski definition) is 9. The van der Waals surface area contributed by atoms with Gasteiger partial charge in [-0.3, -0.25) is 14.6 Å². The largest absolute Gasteiger partial charge is 0.450 e. The number of carbonyl (C=O) groups excluding carboxylic acids is 1. The average molecular weight is 530 g/mol. The molecule has 1 saturated heterocycles. The highest BCUT2D eigenvalue weighted by atomic mass is 16.6. The SMILES string of the molecule is CCOC(=O)N1CCN(CCCn2cc(-c3cnc4ccc(Nc5cc(C(C)C)cnn5)nc4c3)cn2)CC1. The van der Waals surface area contributed by atoms with Crippen LogP contribution in [0.15, 0.2) is 49.1 Å². The van der Waals surface area contributed by atoms with Gasteiger partial charge < -0.3 is 15.0 Å². The molecule has 1 amide bonds. The van der Waals surface area contributed by atoms with Gasteiger partial charge in [0.1, 0.15) is 5.82 Å². The van der Waals surface area contributed by atoms with E-state index in [1.807, 2.05) is 48.3 Å². The lowest BCUT2D eigenvalue weighted by Gasteiger charge is -2.33. The monoisotopic (exact) mass is 529 g/mol. The van der Waals surface area contributed by atoms with Crippen LogP contribution in [0.1, 0.15) is 38.7 Å². The number of ether oxygens (including phenoxy) is 1. The first-order chi connectivity index (χ1) is 19.0. The van der Waals surface area contributed by atoms with E-state index in [-0.39, 0.29) is 6.09 Å². The van der Waals surface area contributed by atoms with Crippen molar-refractivity contribution in [2.75, 3.05) is 44.6 Å². The van der Waals surface area contributed by atoms with E-state index in [2.05, 4.69) is 50.5 Å². The number of carbonyl (C=O) groups is 1. The van der Waals surface area contributed by atoms with E-state index in [1.165, 1.54) is 0 Å². The van der Waals surface area contributed by atoms with Gasteiger partial charge in [-0.25, -0.2) is 9.78 Å². The molecule has 4 aromatic rings. The van der Waals surface area contributed by atoms with Crippen LogP contribution < -0.4 is 5.32 Å². The molecule has 0 aromatic carbocycles. The number of hydrogen-bond donors (Lipinski definition) is 1. The lowest BCUT2D eigenvalue weighted by atomic mass is 10.1. The summed E-state index contributed by atoms with van der Waals surface area (Å²) in [5.74, 6) is 1.72. The molecule has 39 heavy (non-hydrogen) atoms. The highest BCUT2D eigenvalue weighted by Gasteiger charge is 2.21. The average Bonchev–Trinajstić information content (AvgIpc) is 3.42. The molecule has 0 radical (unpaired) electrons. The molecular formula is C28H35N9O2. The van der Waals surface area contributed by atoms with Crippen molar-refractivity contribution in [1.29, 1.82) is 0 Å². The van der Waals surface area contributed by atoms with Gasteiger partial charge in [0, 0.05) is 62.8 Å². The molecule has 1 N–H and O–H groups in total. The summed E-state index contributed by atoms with van der Waals surface area (Å²) in [6.45, 7) is 11.4. The molecule has 5 heterocycles. The van der Waals surface area contributed by atoms with Gasteiger partial charge in [-0.05, 0) is 49.1 Å². The van der Waals surface area contributed by atoms with Crippen molar-refractivity contribution in [2.45, 2.75) is 39.7 Å². The van der Waals surface area contributed by atoms with Crippen LogP contribution in [0.5, 0.6) is 0 Å². The zero-order chi connectivity index (χ0) is 27.2. The Morgan fingerprint density at radius 1 is 1.00 bits per heavy atom. The summed E-state index contributed by atoms with van der Waals surface area (Å²) < 4.78 is 7.07. The fraction of sp³-hybridized carbons (Fsp3) is 0.429. The van der Waals surface area contributed by atoms with E-state index in [0.29, 0.717) is 37.3 Å². The predicted molar refractivity (Wildman–Crippen MR) is 150 cm³/mol. The van der Waals surface area contributed by atoms with Crippen LogP contribution in [0.25, 0.3) is 22.2 Å². The number of anilines is 2. The molecule has 11 heteroatoms. The van der Waals surface area contributed by atoms with Crippen molar-refractivity contribution in [1.82, 2.24) is 39.7 Å². The second kappa shape index (κ2) is 12.2. The lowest BCUT2D eigenvalue weighted by molar-refractivity contribution is 0.0790. The summed E-state index contributed by atoms with van der Waals surface area (Å²) in [7, 11) is 0. The van der Waals surface area contributed by atoms with Crippen molar-refractivity contribution in [2.24, 2.45) is 0 Å². The first kappa shape index (κ1) is 26.5. The second-order valence-corrected chi connectivity index (χ2v) is 9.99. The maximum Gasteiger partial charge on any atom is 0.409 e. The van der Waals surface area contributed by atoms with Crippen LogP contribution in [-0.4, -0.2) is 85.2 Å². The Labute approximate surface area is 228 Å². The quantitative estimate of drug-likeness (QED) is 0.339. The Bertz CT molecular complexity index is 1410. The maximum absolute atomic E-state index is 11.9. The summed E-state index contributed by atoms with van der Waals surface area (Å²) in [6.07, 6.45) is 8.34.